The van der Waals surface area contributed by atoms with Crippen LogP contribution in [0.4, 0.5) is 11.4 Å². The molecule has 25 heavy (non-hydrogen) atoms. The van der Waals surface area contributed by atoms with Crippen molar-refractivity contribution >= 4 is 23.2 Å². The predicted octanol–water partition coefficient (Wildman–Crippen LogP) is 3.99. The number of nitrogens with one attached hydrogen (secondary N) is 1. The molecule has 2 aromatic rings. The number of hydrogen-bond acceptors (Lipinski definition) is 5. The lowest BCUT2D eigenvalue weighted by Crippen LogP contribution is -2.03. The lowest BCUT2D eigenvalue weighted by atomic mass is 9.97. The van der Waals surface area contributed by atoms with Crippen molar-refractivity contribution in [1.29, 1.82) is 0 Å². The van der Waals surface area contributed by atoms with Gasteiger partial charge in [0.05, 0.1) is 17.1 Å². The molecule has 0 aliphatic carbocycles. The maximum absolute atomic E-state index is 12.8. The molecule has 2 aromatic carbocycles. The third kappa shape index (κ3) is 3.38. The average Bonchev–Trinajstić information content (AvgIpc) is 2.74. The van der Waals surface area contributed by atoms with Crippen molar-refractivity contribution in [3.63, 3.8) is 0 Å². The summed E-state index contributed by atoms with van der Waals surface area (Å²) < 4.78 is 5.66. The fraction of sp³-hybridized carbons (Fsp3) is 0.211. The first-order valence-corrected chi connectivity index (χ1v) is 7.94. The first-order chi connectivity index (χ1) is 12.0. The summed E-state index contributed by atoms with van der Waals surface area (Å²) in [6.45, 7) is 2.31. The van der Waals surface area contributed by atoms with E-state index in [1.807, 2.05) is 19.1 Å². The Bertz CT molecular complexity index is 887. The monoisotopic (exact) mass is 338 g/mol. The van der Waals surface area contributed by atoms with Gasteiger partial charge < -0.3 is 10.1 Å². The summed E-state index contributed by atoms with van der Waals surface area (Å²) in [7, 11) is 1.63. The van der Waals surface area contributed by atoms with Crippen molar-refractivity contribution in [1.82, 2.24) is 0 Å². The van der Waals surface area contributed by atoms with Crippen molar-refractivity contribution in [2.75, 3.05) is 19.0 Å². The number of fused-ring (bicyclic) bond motifs is 1. The Labute approximate surface area is 145 Å². The van der Waals surface area contributed by atoms with E-state index < -0.39 is 4.92 Å². The maximum Gasteiger partial charge on any atom is 0.292 e. The van der Waals surface area contributed by atoms with Crippen LogP contribution in [0.1, 0.15) is 27.9 Å². The minimum absolute atomic E-state index is 0.0228. The highest BCUT2D eigenvalue weighted by Gasteiger charge is 2.22. The van der Waals surface area contributed by atoms with Gasteiger partial charge in [-0.2, -0.15) is 0 Å². The topological polar surface area (TPSA) is 81.5 Å². The molecule has 0 spiro atoms. The first kappa shape index (κ1) is 16.7. The summed E-state index contributed by atoms with van der Waals surface area (Å²) in [6, 6.07) is 10.4. The SMILES string of the molecule is CNc1ccc(/C=C2/CCOc3ccc(C)cc3C2=O)cc1[N+](=O)[O-]. The molecule has 0 unspecified atom stereocenters. The molecule has 6 heteroatoms. The van der Waals surface area contributed by atoms with Gasteiger partial charge in [0.25, 0.3) is 5.69 Å². The van der Waals surface area contributed by atoms with E-state index in [4.69, 9.17) is 4.74 Å². The largest absolute Gasteiger partial charge is 0.492 e. The Morgan fingerprint density at radius 3 is 2.76 bits per heavy atom. The van der Waals surface area contributed by atoms with Crippen LogP contribution in [0.25, 0.3) is 6.08 Å². The summed E-state index contributed by atoms with van der Waals surface area (Å²) in [4.78, 5) is 23.6. The first-order valence-electron chi connectivity index (χ1n) is 7.94. The second kappa shape index (κ2) is 6.76. The molecule has 0 fully saturated rings. The highest BCUT2D eigenvalue weighted by atomic mass is 16.6. The zero-order valence-corrected chi connectivity index (χ0v) is 14.0. The van der Waals surface area contributed by atoms with Gasteiger partial charge >= 0.3 is 0 Å². The number of nitro groups is 1. The van der Waals surface area contributed by atoms with Crippen LogP contribution in [0.3, 0.4) is 0 Å². The van der Waals surface area contributed by atoms with Crippen LogP contribution in [-0.2, 0) is 0 Å². The number of nitrogens with zero attached hydrogens (tertiary/aromatic N) is 1. The molecule has 1 heterocycles. The average molecular weight is 338 g/mol. The fourth-order valence-electron chi connectivity index (χ4n) is 2.84. The number of carbonyl (C=O) groups is 1. The summed E-state index contributed by atoms with van der Waals surface area (Å²) in [6.07, 6.45) is 2.16. The van der Waals surface area contributed by atoms with Gasteiger partial charge in [0.15, 0.2) is 5.78 Å². The summed E-state index contributed by atoms with van der Waals surface area (Å²) in [5.74, 6) is 0.479. The van der Waals surface area contributed by atoms with Crippen LogP contribution >= 0.6 is 0 Å². The van der Waals surface area contributed by atoms with Crippen molar-refractivity contribution in [3.05, 3.63) is 68.8 Å². The second-order valence-corrected chi connectivity index (χ2v) is 5.88. The smallest absolute Gasteiger partial charge is 0.292 e. The molecule has 1 N–H and O–H groups in total. The number of ketones is 1. The molecule has 0 atom stereocenters. The molecule has 0 radical (unpaired) electrons. The van der Waals surface area contributed by atoms with E-state index in [-0.39, 0.29) is 11.5 Å². The van der Waals surface area contributed by atoms with Crippen LogP contribution in [-0.4, -0.2) is 24.4 Å². The molecule has 0 aromatic heterocycles. The number of rotatable bonds is 3. The van der Waals surface area contributed by atoms with Gasteiger partial charge in [-0.15, -0.1) is 0 Å². The van der Waals surface area contributed by atoms with E-state index in [0.29, 0.717) is 41.2 Å². The minimum atomic E-state index is -0.440. The quantitative estimate of drug-likeness (QED) is 0.520. The molecule has 1 aliphatic heterocycles. The Morgan fingerprint density at radius 2 is 2.04 bits per heavy atom. The highest BCUT2D eigenvalue weighted by molar-refractivity contribution is 6.13. The van der Waals surface area contributed by atoms with Crippen LogP contribution in [0.2, 0.25) is 0 Å². The minimum Gasteiger partial charge on any atom is -0.492 e. The van der Waals surface area contributed by atoms with E-state index in [1.165, 1.54) is 6.07 Å². The zero-order chi connectivity index (χ0) is 18.0. The zero-order valence-electron chi connectivity index (χ0n) is 14.0. The van der Waals surface area contributed by atoms with Crippen molar-refractivity contribution in [2.24, 2.45) is 0 Å². The number of carbonyl (C=O) groups excluding carboxylic acids is 1. The maximum atomic E-state index is 12.8. The third-order valence-corrected chi connectivity index (χ3v) is 4.13. The van der Waals surface area contributed by atoms with Gasteiger partial charge in [-0.3, -0.25) is 14.9 Å². The van der Waals surface area contributed by atoms with Gasteiger partial charge in [0.2, 0.25) is 0 Å². The number of aryl methyl sites for hydroxylation is 1. The Morgan fingerprint density at radius 1 is 1.24 bits per heavy atom. The molecule has 6 nitrogen and oxygen atoms in total. The van der Waals surface area contributed by atoms with Crippen LogP contribution in [0.15, 0.2) is 42.0 Å². The summed E-state index contributed by atoms with van der Waals surface area (Å²) in [5, 5.41) is 14.0. The number of anilines is 1. The van der Waals surface area contributed by atoms with Gasteiger partial charge in [0, 0.05) is 25.1 Å². The fourth-order valence-corrected chi connectivity index (χ4v) is 2.84. The van der Waals surface area contributed by atoms with Gasteiger partial charge in [-0.25, -0.2) is 0 Å². The highest BCUT2D eigenvalue weighted by Crippen LogP contribution is 2.30. The van der Waals surface area contributed by atoms with Crippen molar-refractivity contribution < 1.29 is 14.5 Å². The van der Waals surface area contributed by atoms with Crippen LogP contribution < -0.4 is 10.1 Å². The molecule has 0 saturated carbocycles. The summed E-state index contributed by atoms with van der Waals surface area (Å²) >= 11 is 0. The lowest BCUT2D eigenvalue weighted by molar-refractivity contribution is -0.383. The number of Topliss-reactive ketones (excluding diaryl/α,β-unsaturated/α-hetero) is 1. The standard InChI is InChI=1S/C19H18N2O4/c1-12-3-6-18-15(9-12)19(22)14(7-8-25-18)10-13-4-5-16(20-2)17(11-13)21(23)24/h3-6,9-11,20H,7-8H2,1-2H3/b14-10-. The van der Waals surface area contributed by atoms with Crippen LogP contribution in [0.5, 0.6) is 5.75 Å². The molecular formula is C19H18N2O4. The van der Waals surface area contributed by atoms with Gasteiger partial charge in [0.1, 0.15) is 11.4 Å². The number of ether oxygens (including phenoxy) is 1. The van der Waals surface area contributed by atoms with E-state index in [2.05, 4.69) is 5.32 Å². The third-order valence-electron chi connectivity index (χ3n) is 4.13. The number of nitro benzene ring substituents is 1. The van der Waals surface area contributed by atoms with Crippen molar-refractivity contribution in [3.8, 4) is 5.75 Å². The number of benzene rings is 2. The molecule has 0 amide bonds. The normalized spacial score (nSPS) is 15.3. The molecule has 3 rings (SSSR count). The molecule has 128 valence electrons. The molecule has 0 bridgehead atoms. The Balaban J connectivity index is 2.02. The van der Waals surface area contributed by atoms with Gasteiger partial charge in [-0.1, -0.05) is 17.7 Å². The Hall–Kier alpha value is -3.15. The van der Waals surface area contributed by atoms with E-state index in [0.717, 1.165) is 5.56 Å². The van der Waals surface area contributed by atoms with E-state index in [9.17, 15) is 14.9 Å². The predicted molar refractivity (Wildman–Crippen MR) is 96.2 cm³/mol. The Kier molecular flexibility index (Phi) is 4.52. The lowest BCUT2D eigenvalue weighted by Gasteiger charge is -2.06. The molecular weight excluding hydrogens is 320 g/mol. The molecule has 0 saturated heterocycles. The van der Waals surface area contributed by atoms with E-state index in [1.54, 1.807) is 31.3 Å². The number of hydrogen-bond donors (Lipinski definition) is 1. The second-order valence-electron chi connectivity index (χ2n) is 5.88. The van der Waals surface area contributed by atoms with Crippen molar-refractivity contribution in [2.45, 2.75) is 13.3 Å². The van der Waals surface area contributed by atoms with E-state index >= 15 is 0 Å². The summed E-state index contributed by atoms with van der Waals surface area (Å²) in [5.41, 5.74) is 3.12. The van der Waals surface area contributed by atoms with Gasteiger partial charge in [-0.05, 0) is 36.8 Å². The van der Waals surface area contributed by atoms with Crippen LogP contribution in [0, 0.1) is 17.0 Å². The molecule has 1 aliphatic rings.